The van der Waals surface area contributed by atoms with Gasteiger partial charge >= 0.3 is 0 Å². The average molecular weight is 238 g/mol. The molecule has 4 heteroatoms. The maximum Gasteiger partial charge on any atom is 0.261 e. The van der Waals surface area contributed by atoms with Crippen LogP contribution in [0.5, 0.6) is 0 Å². The van der Waals surface area contributed by atoms with Gasteiger partial charge in [0.15, 0.2) is 0 Å². The Labute approximate surface area is 100 Å². The summed E-state index contributed by atoms with van der Waals surface area (Å²) in [5.41, 5.74) is 1.07. The largest absolute Gasteiger partial charge is 0.351 e. The molecule has 16 heavy (non-hydrogen) atoms. The van der Waals surface area contributed by atoms with E-state index in [1.54, 1.807) is 0 Å². The summed E-state index contributed by atoms with van der Waals surface area (Å²) in [6.45, 7) is 3.74. The zero-order valence-corrected chi connectivity index (χ0v) is 10.4. The van der Waals surface area contributed by atoms with Gasteiger partial charge < -0.3 is 10.6 Å². The topological polar surface area (TPSA) is 41.1 Å². The standard InChI is InChI=1S/C12H18N2OS/c1-9-5-8-16-11(9)12(15)14-7-2-6-13-10-3-4-10/h5,8,10,13H,2-4,6-7H2,1H3,(H,14,15). The highest BCUT2D eigenvalue weighted by molar-refractivity contribution is 7.12. The van der Waals surface area contributed by atoms with Crippen molar-refractivity contribution in [2.75, 3.05) is 13.1 Å². The van der Waals surface area contributed by atoms with Crippen molar-refractivity contribution in [1.29, 1.82) is 0 Å². The van der Waals surface area contributed by atoms with E-state index in [1.165, 1.54) is 24.2 Å². The van der Waals surface area contributed by atoms with Crippen molar-refractivity contribution in [1.82, 2.24) is 10.6 Å². The fraction of sp³-hybridized carbons (Fsp3) is 0.583. The SMILES string of the molecule is Cc1ccsc1C(=O)NCCCNC1CC1. The number of hydrogen-bond donors (Lipinski definition) is 2. The van der Waals surface area contributed by atoms with E-state index >= 15 is 0 Å². The van der Waals surface area contributed by atoms with Crippen molar-refractivity contribution in [2.45, 2.75) is 32.2 Å². The number of amides is 1. The van der Waals surface area contributed by atoms with Gasteiger partial charge in [-0.1, -0.05) is 0 Å². The fourth-order valence-corrected chi connectivity index (χ4v) is 2.41. The van der Waals surface area contributed by atoms with Crippen molar-refractivity contribution in [3.05, 3.63) is 21.9 Å². The summed E-state index contributed by atoms with van der Waals surface area (Å²) in [6.07, 6.45) is 3.65. The van der Waals surface area contributed by atoms with Gasteiger partial charge in [0.1, 0.15) is 0 Å². The van der Waals surface area contributed by atoms with E-state index in [0.717, 1.165) is 36.0 Å². The zero-order chi connectivity index (χ0) is 11.4. The van der Waals surface area contributed by atoms with E-state index in [1.807, 2.05) is 18.4 Å². The lowest BCUT2D eigenvalue weighted by Gasteiger charge is -2.05. The number of carbonyl (C=O) groups is 1. The molecule has 2 rings (SSSR count). The van der Waals surface area contributed by atoms with E-state index in [9.17, 15) is 4.79 Å². The Balaban J connectivity index is 1.61. The summed E-state index contributed by atoms with van der Waals surface area (Å²) in [4.78, 5) is 12.6. The first-order chi connectivity index (χ1) is 7.77. The molecular weight excluding hydrogens is 220 g/mol. The predicted octanol–water partition coefficient (Wildman–Crippen LogP) is 1.93. The Kier molecular flexibility index (Phi) is 3.96. The summed E-state index contributed by atoms with van der Waals surface area (Å²) in [6, 6.07) is 2.74. The molecule has 1 aromatic rings. The van der Waals surface area contributed by atoms with E-state index in [0.29, 0.717) is 0 Å². The van der Waals surface area contributed by atoms with Gasteiger partial charge in [0.05, 0.1) is 4.88 Å². The monoisotopic (exact) mass is 238 g/mol. The van der Waals surface area contributed by atoms with E-state index in [4.69, 9.17) is 0 Å². The third-order valence-electron chi connectivity index (χ3n) is 2.72. The molecule has 1 amide bonds. The number of rotatable bonds is 6. The van der Waals surface area contributed by atoms with Crippen LogP contribution in [0.3, 0.4) is 0 Å². The number of thiophene rings is 1. The zero-order valence-electron chi connectivity index (χ0n) is 9.58. The van der Waals surface area contributed by atoms with E-state index in [2.05, 4.69) is 10.6 Å². The molecule has 1 aliphatic rings. The van der Waals surface area contributed by atoms with Crippen LogP contribution in [0.15, 0.2) is 11.4 Å². The molecule has 88 valence electrons. The van der Waals surface area contributed by atoms with Crippen molar-refractivity contribution in [3.63, 3.8) is 0 Å². The van der Waals surface area contributed by atoms with Crippen LogP contribution in [0, 0.1) is 6.92 Å². The van der Waals surface area contributed by atoms with Gasteiger partial charge in [0.25, 0.3) is 5.91 Å². The molecule has 0 spiro atoms. The van der Waals surface area contributed by atoms with Gasteiger partial charge in [0.2, 0.25) is 0 Å². The highest BCUT2D eigenvalue weighted by Crippen LogP contribution is 2.18. The molecule has 0 aliphatic heterocycles. The molecule has 1 aromatic heterocycles. The Morgan fingerprint density at radius 3 is 2.94 bits per heavy atom. The molecule has 1 fully saturated rings. The molecule has 0 saturated heterocycles. The minimum Gasteiger partial charge on any atom is -0.351 e. The van der Waals surface area contributed by atoms with E-state index < -0.39 is 0 Å². The molecule has 1 aliphatic carbocycles. The van der Waals surface area contributed by atoms with Crippen molar-refractivity contribution in [2.24, 2.45) is 0 Å². The highest BCUT2D eigenvalue weighted by Gasteiger charge is 2.19. The Hall–Kier alpha value is -0.870. The Morgan fingerprint density at radius 2 is 2.31 bits per heavy atom. The van der Waals surface area contributed by atoms with Gasteiger partial charge in [-0.15, -0.1) is 11.3 Å². The lowest BCUT2D eigenvalue weighted by Crippen LogP contribution is -2.27. The maximum absolute atomic E-state index is 11.7. The quantitative estimate of drug-likeness (QED) is 0.744. The maximum atomic E-state index is 11.7. The summed E-state index contributed by atoms with van der Waals surface area (Å²) in [5, 5.41) is 8.34. The molecule has 0 unspecified atom stereocenters. The van der Waals surface area contributed by atoms with Crippen LogP contribution in [-0.4, -0.2) is 25.0 Å². The van der Waals surface area contributed by atoms with Crippen LogP contribution >= 0.6 is 11.3 Å². The van der Waals surface area contributed by atoms with Gasteiger partial charge in [0, 0.05) is 12.6 Å². The van der Waals surface area contributed by atoms with Gasteiger partial charge in [-0.25, -0.2) is 0 Å². The number of nitrogens with one attached hydrogen (secondary N) is 2. The summed E-state index contributed by atoms with van der Waals surface area (Å²) < 4.78 is 0. The molecule has 1 saturated carbocycles. The molecule has 0 bridgehead atoms. The van der Waals surface area contributed by atoms with Crippen LogP contribution in [0.4, 0.5) is 0 Å². The van der Waals surface area contributed by atoms with Crippen molar-refractivity contribution >= 4 is 17.2 Å². The van der Waals surface area contributed by atoms with Crippen LogP contribution in [0.25, 0.3) is 0 Å². The summed E-state index contributed by atoms with van der Waals surface area (Å²) >= 11 is 1.51. The lowest BCUT2D eigenvalue weighted by atomic mass is 10.3. The molecule has 0 atom stereocenters. The second-order valence-corrected chi connectivity index (χ2v) is 5.19. The number of carbonyl (C=O) groups excluding carboxylic acids is 1. The van der Waals surface area contributed by atoms with Gasteiger partial charge in [-0.2, -0.15) is 0 Å². The highest BCUT2D eigenvalue weighted by atomic mass is 32.1. The molecule has 3 nitrogen and oxygen atoms in total. The van der Waals surface area contributed by atoms with Crippen LogP contribution in [0.1, 0.15) is 34.5 Å². The minimum absolute atomic E-state index is 0.0684. The molecular formula is C12H18N2OS. The first kappa shape index (κ1) is 11.6. The first-order valence-corrected chi connectivity index (χ1v) is 6.71. The molecule has 0 aromatic carbocycles. The molecule has 1 heterocycles. The summed E-state index contributed by atoms with van der Waals surface area (Å²) in [5.74, 6) is 0.0684. The first-order valence-electron chi connectivity index (χ1n) is 5.83. The molecule has 2 N–H and O–H groups in total. The predicted molar refractivity (Wildman–Crippen MR) is 67.0 cm³/mol. The number of aryl methyl sites for hydroxylation is 1. The van der Waals surface area contributed by atoms with Gasteiger partial charge in [-0.05, 0) is 49.7 Å². The normalized spacial score (nSPS) is 15.1. The van der Waals surface area contributed by atoms with Gasteiger partial charge in [-0.3, -0.25) is 4.79 Å². The van der Waals surface area contributed by atoms with Crippen molar-refractivity contribution < 1.29 is 4.79 Å². The second-order valence-electron chi connectivity index (χ2n) is 4.27. The molecule has 0 radical (unpaired) electrons. The number of hydrogen-bond acceptors (Lipinski definition) is 3. The minimum atomic E-state index is 0.0684. The third kappa shape index (κ3) is 3.32. The van der Waals surface area contributed by atoms with Crippen LogP contribution < -0.4 is 10.6 Å². The van der Waals surface area contributed by atoms with Crippen LogP contribution in [0.2, 0.25) is 0 Å². The van der Waals surface area contributed by atoms with Crippen LogP contribution in [-0.2, 0) is 0 Å². The third-order valence-corrected chi connectivity index (χ3v) is 3.73. The fourth-order valence-electron chi connectivity index (χ4n) is 1.57. The van der Waals surface area contributed by atoms with E-state index in [-0.39, 0.29) is 5.91 Å². The Morgan fingerprint density at radius 1 is 1.50 bits per heavy atom. The Bertz CT molecular complexity index is 358. The average Bonchev–Trinajstić information content (AvgIpc) is 2.99. The second kappa shape index (κ2) is 5.46. The smallest absolute Gasteiger partial charge is 0.261 e. The summed E-state index contributed by atoms with van der Waals surface area (Å²) in [7, 11) is 0. The lowest BCUT2D eigenvalue weighted by molar-refractivity contribution is 0.0957. The van der Waals surface area contributed by atoms with Crippen molar-refractivity contribution in [3.8, 4) is 0 Å².